The van der Waals surface area contributed by atoms with Gasteiger partial charge in [0.1, 0.15) is 0 Å². The summed E-state index contributed by atoms with van der Waals surface area (Å²) < 4.78 is 0. The van der Waals surface area contributed by atoms with Crippen LogP contribution in [-0.4, -0.2) is 35.1 Å². The van der Waals surface area contributed by atoms with Crippen molar-refractivity contribution in [2.24, 2.45) is 5.92 Å². The number of aliphatic hydroxyl groups is 1. The molecular weight excluding hydrogens is 270 g/mol. The Morgan fingerprint density at radius 3 is 2.94 bits per heavy atom. The number of halogens is 1. The first-order valence-corrected chi connectivity index (χ1v) is 6.77. The highest BCUT2D eigenvalue weighted by molar-refractivity contribution is 7.80. The number of carbonyl (C=O) groups excluding carboxylic acids is 1. The normalized spacial score (nSPS) is 21.1. The van der Waals surface area contributed by atoms with E-state index in [0.717, 1.165) is 6.42 Å². The van der Waals surface area contributed by atoms with E-state index in [9.17, 15) is 9.90 Å². The van der Waals surface area contributed by atoms with Crippen molar-refractivity contribution in [3.05, 3.63) is 28.8 Å². The summed E-state index contributed by atoms with van der Waals surface area (Å²) in [7, 11) is 0. The number of hydrogen-bond acceptors (Lipinski definition) is 3. The number of carbonyl (C=O) groups is 1. The first-order valence-electron chi connectivity index (χ1n) is 5.95. The molecule has 2 atom stereocenters. The van der Waals surface area contributed by atoms with Gasteiger partial charge in [0.2, 0.25) is 0 Å². The summed E-state index contributed by atoms with van der Waals surface area (Å²) in [5, 5.41) is 9.99. The minimum Gasteiger partial charge on any atom is -0.393 e. The number of amides is 1. The van der Waals surface area contributed by atoms with E-state index in [2.05, 4.69) is 12.6 Å². The largest absolute Gasteiger partial charge is 0.393 e. The second kappa shape index (κ2) is 5.51. The lowest BCUT2D eigenvalue weighted by Crippen LogP contribution is -2.30. The summed E-state index contributed by atoms with van der Waals surface area (Å²) in [5.41, 5.74) is 0.482. The van der Waals surface area contributed by atoms with Crippen molar-refractivity contribution in [2.45, 2.75) is 24.3 Å². The van der Waals surface area contributed by atoms with Gasteiger partial charge in [0, 0.05) is 23.9 Å². The van der Waals surface area contributed by atoms with Crippen LogP contribution in [0.15, 0.2) is 23.1 Å². The second-order valence-corrected chi connectivity index (χ2v) is 5.63. The van der Waals surface area contributed by atoms with Gasteiger partial charge in [-0.2, -0.15) is 0 Å². The highest BCUT2D eigenvalue weighted by Crippen LogP contribution is 2.25. The average Bonchev–Trinajstić information content (AvgIpc) is 2.81. The molecular formula is C13H16ClNO2S. The monoisotopic (exact) mass is 285 g/mol. The molecule has 1 aliphatic heterocycles. The molecule has 1 aromatic rings. The number of benzene rings is 1. The smallest absolute Gasteiger partial charge is 0.255 e. The van der Waals surface area contributed by atoms with Gasteiger partial charge in [0.25, 0.3) is 5.91 Å². The Morgan fingerprint density at radius 2 is 2.33 bits per heavy atom. The fraction of sp³-hybridized carbons (Fsp3) is 0.462. The van der Waals surface area contributed by atoms with Crippen molar-refractivity contribution in [1.29, 1.82) is 0 Å². The lowest BCUT2D eigenvalue weighted by atomic mass is 10.0. The molecule has 0 bridgehead atoms. The Bertz CT molecular complexity index is 464. The van der Waals surface area contributed by atoms with Crippen LogP contribution in [0.25, 0.3) is 0 Å². The summed E-state index contributed by atoms with van der Waals surface area (Å²) in [6, 6.07) is 5.12. The minimum absolute atomic E-state index is 0.0842. The van der Waals surface area contributed by atoms with Crippen molar-refractivity contribution in [3.63, 3.8) is 0 Å². The van der Waals surface area contributed by atoms with E-state index in [-0.39, 0.29) is 17.9 Å². The molecule has 2 rings (SSSR count). The zero-order valence-electron chi connectivity index (χ0n) is 10.1. The summed E-state index contributed by atoms with van der Waals surface area (Å²) in [4.78, 5) is 14.8. The molecule has 0 spiro atoms. The van der Waals surface area contributed by atoms with Crippen LogP contribution in [0.1, 0.15) is 23.7 Å². The van der Waals surface area contributed by atoms with Crippen molar-refractivity contribution >= 4 is 30.1 Å². The molecule has 0 radical (unpaired) electrons. The van der Waals surface area contributed by atoms with Crippen LogP contribution in [-0.2, 0) is 0 Å². The summed E-state index contributed by atoms with van der Waals surface area (Å²) in [5.74, 6) is 0.0750. The fourth-order valence-corrected chi connectivity index (χ4v) is 2.62. The highest BCUT2D eigenvalue weighted by Gasteiger charge is 2.30. The summed E-state index contributed by atoms with van der Waals surface area (Å²) >= 11 is 10.3. The van der Waals surface area contributed by atoms with Crippen molar-refractivity contribution in [3.8, 4) is 0 Å². The maximum absolute atomic E-state index is 12.3. The fourth-order valence-electron chi connectivity index (χ4n) is 2.21. The van der Waals surface area contributed by atoms with Gasteiger partial charge in [-0.3, -0.25) is 4.79 Å². The molecule has 3 nitrogen and oxygen atoms in total. The molecule has 1 amide bonds. The van der Waals surface area contributed by atoms with Gasteiger partial charge in [-0.05, 0) is 31.5 Å². The van der Waals surface area contributed by atoms with Crippen molar-refractivity contribution in [1.82, 2.24) is 4.90 Å². The number of nitrogens with zero attached hydrogens (tertiary/aromatic N) is 1. The molecule has 1 N–H and O–H groups in total. The van der Waals surface area contributed by atoms with Crippen LogP contribution >= 0.6 is 24.2 Å². The van der Waals surface area contributed by atoms with Gasteiger partial charge in [-0.25, -0.2) is 0 Å². The van der Waals surface area contributed by atoms with Gasteiger partial charge in [0.15, 0.2) is 0 Å². The minimum atomic E-state index is -0.380. The van der Waals surface area contributed by atoms with Crippen LogP contribution < -0.4 is 0 Å². The van der Waals surface area contributed by atoms with Crippen LogP contribution in [0.3, 0.4) is 0 Å². The first kappa shape index (κ1) is 13.7. The van der Waals surface area contributed by atoms with E-state index < -0.39 is 0 Å². The van der Waals surface area contributed by atoms with E-state index in [4.69, 9.17) is 11.6 Å². The number of aliphatic hydroxyl groups excluding tert-OH is 1. The molecule has 1 aliphatic rings. The van der Waals surface area contributed by atoms with Crippen LogP contribution in [0.5, 0.6) is 0 Å². The number of hydrogen-bond donors (Lipinski definition) is 2. The molecule has 18 heavy (non-hydrogen) atoms. The summed E-state index contributed by atoms with van der Waals surface area (Å²) in [6.45, 7) is 3.02. The Hall–Kier alpha value is -0.710. The zero-order chi connectivity index (χ0) is 13.3. The maximum atomic E-state index is 12.3. The van der Waals surface area contributed by atoms with E-state index in [1.54, 1.807) is 30.0 Å². The Morgan fingerprint density at radius 1 is 1.61 bits per heavy atom. The lowest BCUT2D eigenvalue weighted by Gasteiger charge is -2.18. The van der Waals surface area contributed by atoms with Gasteiger partial charge in [-0.1, -0.05) is 11.6 Å². The Labute approximate surface area is 117 Å². The third kappa shape index (κ3) is 2.82. The number of likely N-dealkylation sites (tertiary alicyclic amines) is 1. The average molecular weight is 286 g/mol. The van der Waals surface area contributed by atoms with Crippen LogP contribution in [0.2, 0.25) is 5.02 Å². The predicted molar refractivity (Wildman–Crippen MR) is 74.4 cm³/mol. The second-order valence-electron chi connectivity index (χ2n) is 4.70. The molecule has 98 valence electrons. The van der Waals surface area contributed by atoms with Gasteiger partial charge in [-0.15, -0.1) is 12.6 Å². The first-order chi connectivity index (χ1) is 8.49. The predicted octanol–water partition coefficient (Wildman–Crippen LogP) is 2.47. The molecule has 5 heteroatoms. The quantitative estimate of drug-likeness (QED) is 0.820. The van der Waals surface area contributed by atoms with Crippen molar-refractivity contribution < 1.29 is 9.90 Å². The van der Waals surface area contributed by atoms with E-state index in [0.29, 0.717) is 28.6 Å². The molecule has 2 unspecified atom stereocenters. The van der Waals surface area contributed by atoms with Gasteiger partial charge < -0.3 is 10.0 Å². The molecule has 0 aromatic heterocycles. The van der Waals surface area contributed by atoms with E-state index in [1.807, 2.05) is 0 Å². The lowest BCUT2D eigenvalue weighted by molar-refractivity contribution is 0.0762. The number of thiol groups is 1. The van der Waals surface area contributed by atoms with Gasteiger partial charge >= 0.3 is 0 Å². The molecule has 1 heterocycles. The third-order valence-electron chi connectivity index (χ3n) is 3.37. The zero-order valence-corrected chi connectivity index (χ0v) is 11.8. The molecule has 0 aliphatic carbocycles. The van der Waals surface area contributed by atoms with E-state index in [1.165, 1.54) is 0 Å². The number of rotatable bonds is 2. The maximum Gasteiger partial charge on any atom is 0.255 e. The molecule has 0 saturated carbocycles. The Balaban J connectivity index is 2.15. The van der Waals surface area contributed by atoms with Crippen molar-refractivity contribution in [2.75, 3.05) is 13.1 Å². The van der Waals surface area contributed by atoms with E-state index >= 15 is 0 Å². The van der Waals surface area contributed by atoms with Crippen LogP contribution in [0.4, 0.5) is 0 Å². The molecule has 1 fully saturated rings. The Kier molecular flexibility index (Phi) is 4.20. The summed E-state index contributed by atoms with van der Waals surface area (Å²) in [6.07, 6.45) is 0.455. The van der Waals surface area contributed by atoms with Gasteiger partial charge in [0.05, 0.1) is 16.7 Å². The third-order valence-corrected chi connectivity index (χ3v) is 3.98. The van der Waals surface area contributed by atoms with Crippen LogP contribution in [0, 0.1) is 5.92 Å². The standard InChI is InChI=1S/C13H16ClNO2S/c1-8(16)9-4-5-15(7-9)13(17)11-6-10(18)2-3-12(11)14/h2-3,6,8-9,16,18H,4-5,7H2,1H3. The highest BCUT2D eigenvalue weighted by atomic mass is 35.5. The topological polar surface area (TPSA) is 40.5 Å². The molecule has 1 saturated heterocycles. The SMILES string of the molecule is CC(O)C1CCN(C(=O)c2cc(S)ccc2Cl)C1. The molecule has 1 aromatic carbocycles.